The molecule has 4 rings (SSSR count). The van der Waals surface area contributed by atoms with E-state index in [1.807, 2.05) is 6.92 Å². The van der Waals surface area contributed by atoms with E-state index in [1.165, 1.54) is 23.1 Å². The molecule has 10 heteroatoms. The summed E-state index contributed by atoms with van der Waals surface area (Å²) in [6.07, 6.45) is 5.38. The first-order chi connectivity index (χ1) is 16.0. The molecular formula is C23H32N6O2S2. The van der Waals surface area contributed by atoms with Crippen LogP contribution in [0.5, 0.6) is 0 Å². The van der Waals surface area contributed by atoms with Crippen LogP contribution in [0.3, 0.4) is 0 Å². The quantitative estimate of drug-likeness (QED) is 0.463. The molecule has 1 aliphatic heterocycles. The van der Waals surface area contributed by atoms with Crippen LogP contribution in [0.25, 0.3) is 0 Å². The standard InChI is InChI=1S/C23H32N6O2S2/c1-15(2)14-29-22(28-9-11-31-12-10-28)26-27-23(29)32-16(3)20(30)25-21-18(13-24)17-7-5-4-6-8-19(17)33-21/h15-16H,4-12,14H2,1-3H3,(H,25,30). The Hall–Kier alpha value is -2.09. The van der Waals surface area contributed by atoms with Gasteiger partial charge in [0.2, 0.25) is 11.9 Å². The molecule has 2 aromatic heterocycles. The third-order valence-corrected chi connectivity index (χ3v) is 8.25. The Bertz CT molecular complexity index is 1020. The Morgan fingerprint density at radius 1 is 1.21 bits per heavy atom. The summed E-state index contributed by atoms with van der Waals surface area (Å²) in [6, 6.07) is 2.34. The van der Waals surface area contributed by atoms with Gasteiger partial charge in [-0.05, 0) is 44.1 Å². The van der Waals surface area contributed by atoms with E-state index in [1.54, 1.807) is 11.3 Å². The first kappa shape index (κ1) is 24.0. The Kier molecular flexibility index (Phi) is 7.94. The van der Waals surface area contributed by atoms with Gasteiger partial charge in [0.15, 0.2) is 5.16 Å². The summed E-state index contributed by atoms with van der Waals surface area (Å²) in [5.74, 6) is 1.15. The lowest BCUT2D eigenvalue weighted by Gasteiger charge is -2.28. The van der Waals surface area contributed by atoms with Gasteiger partial charge in [0.05, 0.1) is 24.0 Å². The molecule has 3 heterocycles. The zero-order chi connectivity index (χ0) is 23.4. The van der Waals surface area contributed by atoms with Crippen molar-refractivity contribution in [2.24, 2.45) is 5.92 Å². The van der Waals surface area contributed by atoms with Crippen LogP contribution in [0, 0.1) is 17.2 Å². The van der Waals surface area contributed by atoms with E-state index in [9.17, 15) is 10.1 Å². The molecule has 2 aliphatic rings. The maximum atomic E-state index is 13.1. The van der Waals surface area contributed by atoms with E-state index in [2.05, 4.69) is 44.9 Å². The molecule has 8 nitrogen and oxygen atoms in total. The number of anilines is 2. The normalized spacial score (nSPS) is 17.4. The van der Waals surface area contributed by atoms with Crippen molar-refractivity contribution < 1.29 is 9.53 Å². The average Bonchev–Trinajstić information content (AvgIpc) is 3.25. The largest absolute Gasteiger partial charge is 0.378 e. The van der Waals surface area contributed by atoms with E-state index in [-0.39, 0.29) is 11.2 Å². The molecule has 1 amide bonds. The van der Waals surface area contributed by atoms with Crippen molar-refractivity contribution in [3.63, 3.8) is 0 Å². The van der Waals surface area contributed by atoms with Crippen molar-refractivity contribution in [2.45, 2.75) is 69.8 Å². The minimum absolute atomic E-state index is 0.111. The molecule has 1 saturated heterocycles. The number of carbonyl (C=O) groups is 1. The topological polar surface area (TPSA) is 96.1 Å². The highest BCUT2D eigenvalue weighted by atomic mass is 32.2. The Labute approximate surface area is 203 Å². The minimum Gasteiger partial charge on any atom is -0.378 e. The second-order valence-corrected chi connectivity index (χ2v) is 11.4. The number of thioether (sulfide) groups is 1. The second-order valence-electron chi connectivity index (χ2n) is 9.02. The van der Waals surface area contributed by atoms with Gasteiger partial charge in [-0.15, -0.1) is 21.5 Å². The molecule has 178 valence electrons. The summed E-state index contributed by atoms with van der Waals surface area (Å²) >= 11 is 2.99. The number of carbonyl (C=O) groups excluding carboxylic acids is 1. The zero-order valence-electron chi connectivity index (χ0n) is 19.6. The number of nitrogens with zero attached hydrogens (tertiary/aromatic N) is 5. The fraction of sp³-hybridized carbons (Fsp3) is 0.652. The lowest BCUT2D eigenvalue weighted by Crippen LogP contribution is -2.38. The van der Waals surface area contributed by atoms with Crippen molar-refractivity contribution in [1.82, 2.24) is 14.8 Å². The lowest BCUT2D eigenvalue weighted by atomic mass is 10.1. The first-order valence-corrected chi connectivity index (χ1v) is 13.5. The van der Waals surface area contributed by atoms with Crippen LogP contribution in [-0.2, 0) is 28.9 Å². The molecule has 1 aliphatic carbocycles. The van der Waals surface area contributed by atoms with Crippen LogP contribution < -0.4 is 10.2 Å². The second kappa shape index (κ2) is 10.9. The van der Waals surface area contributed by atoms with Crippen molar-refractivity contribution in [3.8, 4) is 6.07 Å². The highest BCUT2D eigenvalue weighted by Crippen LogP contribution is 2.37. The van der Waals surface area contributed by atoms with Crippen LogP contribution in [0.15, 0.2) is 5.16 Å². The summed E-state index contributed by atoms with van der Waals surface area (Å²) in [6.45, 7) is 9.94. The SMILES string of the molecule is CC(C)Cn1c(SC(C)C(=O)Nc2sc3c(c2C#N)CCCCC3)nnc1N1CCOCC1. The summed E-state index contributed by atoms with van der Waals surface area (Å²) in [5.41, 5.74) is 1.79. The molecule has 1 N–H and O–H groups in total. The number of fused-ring (bicyclic) bond motifs is 1. The minimum atomic E-state index is -0.369. The number of aromatic nitrogens is 3. The molecule has 0 bridgehead atoms. The lowest BCUT2D eigenvalue weighted by molar-refractivity contribution is -0.115. The fourth-order valence-electron chi connectivity index (χ4n) is 4.26. The summed E-state index contributed by atoms with van der Waals surface area (Å²) in [4.78, 5) is 16.5. The molecule has 0 aromatic carbocycles. The summed E-state index contributed by atoms with van der Waals surface area (Å²) in [5, 5.41) is 22.8. The molecule has 33 heavy (non-hydrogen) atoms. The van der Waals surface area contributed by atoms with Crippen LogP contribution in [-0.4, -0.2) is 52.2 Å². The smallest absolute Gasteiger partial charge is 0.238 e. The molecule has 1 fully saturated rings. The van der Waals surface area contributed by atoms with Gasteiger partial charge in [0.1, 0.15) is 11.1 Å². The van der Waals surface area contributed by atoms with Gasteiger partial charge in [0.25, 0.3) is 0 Å². The van der Waals surface area contributed by atoms with Crippen LogP contribution in [0.4, 0.5) is 10.9 Å². The van der Waals surface area contributed by atoms with Crippen molar-refractivity contribution in [2.75, 3.05) is 36.5 Å². The van der Waals surface area contributed by atoms with Gasteiger partial charge in [-0.1, -0.05) is 32.0 Å². The van der Waals surface area contributed by atoms with Crippen molar-refractivity contribution in [1.29, 1.82) is 5.26 Å². The number of morpholine rings is 1. The number of nitrogens with one attached hydrogen (secondary N) is 1. The summed E-state index contributed by atoms with van der Waals surface area (Å²) in [7, 11) is 0. The number of hydrogen-bond donors (Lipinski definition) is 1. The third kappa shape index (κ3) is 5.53. The molecule has 0 saturated carbocycles. The number of thiophene rings is 1. The number of aryl methyl sites for hydroxylation is 1. The average molecular weight is 489 g/mol. The van der Waals surface area contributed by atoms with Crippen molar-refractivity contribution >= 4 is 40.0 Å². The summed E-state index contributed by atoms with van der Waals surface area (Å²) < 4.78 is 7.60. The molecule has 0 radical (unpaired) electrons. The predicted octanol–water partition coefficient (Wildman–Crippen LogP) is 4.09. The molecule has 2 aromatic rings. The Morgan fingerprint density at radius 2 is 1.97 bits per heavy atom. The van der Waals surface area contributed by atoms with Crippen LogP contribution in [0.2, 0.25) is 0 Å². The van der Waals surface area contributed by atoms with Crippen LogP contribution in [0.1, 0.15) is 56.0 Å². The van der Waals surface area contributed by atoms with Gasteiger partial charge in [0, 0.05) is 24.5 Å². The monoisotopic (exact) mass is 488 g/mol. The number of nitriles is 1. The van der Waals surface area contributed by atoms with Gasteiger partial charge in [-0.2, -0.15) is 5.26 Å². The Morgan fingerprint density at radius 3 is 2.70 bits per heavy atom. The number of rotatable bonds is 7. The highest BCUT2D eigenvalue weighted by molar-refractivity contribution is 8.00. The predicted molar refractivity (Wildman–Crippen MR) is 132 cm³/mol. The Balaban J connectivity index is 1.49. The maximum absolute atomic E-state index is 13.1. The molecule has 1 atom stereocenters. The van der Waals surface area contributed by atoms with Gasteiger partial charge in [-0.3, -0.25) is 9.36 Å². The number of hydrogen-bond acceptors (Lipinski definition) is 8. The van der Waals surface area contributed by atoms with E-state index in [0.717, 1.165) is 62.0 Å². The van der Waals surface area contributed by atoms with E-state index in [0.29, 0.717) is 29.7 Å². The fourth-order valence-corrected chi connectivity index (χ4v) is 6.36. The van der Waals surface area contributed by atoms with Gasteiger partial charge < -0.3 is 15.0 Å². The van der Waals surface area contributed by atoms with E-state index < -0.39 is 0 Å². The van der Waals surface area contributed by atoms with E-state index in [4.69, 9.17) is 4.74 Å². The number of amides is 1. The highest BCUT2D eigenvalue weighted by Gasteiger charge is 2.26. The zero-order valence-corrected chi connectivity index (χ0v) is 21.2. The number of ether oxygens (including phenoxy) is 1. The van der Waals surface area contributed by atoms with Gasteiger partial charge in [-0.25, -0.2) is 0 Å². The first-order valence-electron chi connectivity index (χ1n) is 11.8. The maximum Gasteiger partial charge on any atom is 0.238 e. The van der Waals surface area contributed by atoms with Crippen LogP contribution >= 0.6 is 23.1 Å². The molecule has 0 spiro atoms. The van der Waals surface area contributed by atoms with Gasteiger partial charge >= 0.3 is 0 Å². The van der Waals surface area contributed by atoms with E-state index >= 15 is 0 Å². The molecular weight excluding hydrogens is 456 g/mol. The molecule has 1 unspecified atom stereocenters. The van der Waals surface area contributed by atoms with Crippen molar-refractivity contribution in [3.05, 3.63) is 16.0 Å². The third-order valence-electron chi connectivity index (χ3n) is 5.96.